The highest BCUT2D eigenvalue weighted by atomic mass is 16.2. The Hall–Kier alpha value is -1.57. The molecule has 1 aromatic carbocycles. The first-order valence-corrected chi connectivity index (χ1v) is 5.71. The van der Waals surface area contributed by atoms with Crippen LogP contribution in [0.3, 0.4) is 0 Å². The van der Waals surface area contributed by atoms with Crippen LogP contribution in [0.2, 0.25) is 0 Å². The average Bonchev–Trinajstić information content (AvgIpc) is 2.43. The van der Waals surface area contributed by atoms with E-state index in [1.807, 2.05) is 58.2 Å². The molecule has 0 spiro atoms. The van der Waals surface area contributed by atoms with Crippen molar-refractivity contribution in [3.63, 3.8) is 0 Å². The van der Waals surface area contributed by atoms with Crippen LogP contribution >= 0.6 is 0 Å². The van der Waals surface area contributed by atoms with Crippen molar-refractivity contribution in [1.82, 2.24) is 4.90 Å². The summed E-state index contributed by atoms with van der Waals surface area (Å²) in [6, 6.07) is 5.92. The van der Waals surface area contributed by atoms with Gasteiger partial charge in [0, 0.05) is 19.2 Å². The molecule has 0 bridgehead atoms. The van der Waals surface area contributed by atoms with E-state index < -0.39 is 0 Å². The van der Waals surface area contributed by atoms with Crippen LogP contribution in [0.4, 0.5) is 0 Å². The molecule has 1 heterocycles. The van der Waals surface area contributed by atoms with Crippen LogP contribution in [0.25, 0.3) is 6.08 Å². The van der Waals surface area contributed by atoms with Crippen molar-refractivity contribution in [1.29, 1.82) is 0 Å². The Morgan fingerprint density at radius 3 is 2.62 bits per heavy atom. The van der Waals surface area contributed by atoms with E-state index in [9.17, 15) is 4.79 Å². The molecule has 86 valence electrons. The van der Waals surface area contributed by atoms with E-state index in [1.165, 1.54) is 5.56 Å². The zero-order chi connectivity index (χ0) is 12.1. The summed E-state index contributed by atoms with van der Waals surface area (Å²) in [7, 11) is 1.82. The van der Waals surface area contributed by atoms with Crippen LogP contribution in [-0.4, -0.2) is 24.4 Å². The Morgan fingerprint density at radius 1 is 1.25 bits per heavy atom. The third-order valence-electron chi connectivity index (χ3n) is 2.46. The third kappa shape index (κ3) is 2.51. The van der Waals surface area contributed by atoms with Gasteiger partial charge in [0.2, 0.25) is 0 Å². The highest BCUT2D eigenvalue weighted by molar-refractivity contribution is 5.98. The Kier molecular flexibility index (Phi) is 4.29. The topological polar surface area (TPSA) is 20.3 Å². The van der Waals surface area contributed by atoms with E-state index >= 15 is 0 Å². The number of fused-ring (bicyclic) bond motifs is 1. The van der Waals surface area contributed by atoms with Gasteiger partial charge < -0.3 is 4.90 Å². The summed E-state index contributed by atoms with van der Waals surface area (Å²) in [6.07, 6.45) is 4.03. The van der Waals surface area contributed by atoms with E-state index in [0.717, 1.165) is 11.1 Å². The molecule has 2 rings (SSSR count). The molecule has 1 aliphatic heterocycles. The molecule has 16 heavy (non-hydrogen) atoms. The first kappa shape index (κ1) is 12.5. The number of hydrogen-bond acceptors (Lipinski definition) is 1. The molecule has 0 fully saturated rings. The predicted octanol–water partition coefficient (Wildman–Crippen LogP) is 3.12. The first-order chi connectivity index (χ1) is 7.68. The summed E-state index contributed by atoms with van der Waals surface area (Å²) in [4.78, 5) is 13.6. The lowest BCUT2D eigenvalue weighted by Crippen LogP contribution is -2.26. The number of nitrogens with zero attached hydrogens (tertiary/aromatic N) is 1. The average molecular weight is 217 g/mol. The summed E-state index contributed by atoms with van der Waals surface area (Å²) in [5, 5.41) is 0. The molecule has 1 aromatic rings. The summed E-state index contributed by atoms with van der Waals surface area (Å²) < 4.78 is 0. The van der Waals surface area contributed by atoms with E-state index in [1.54, 1.807) is 4.90 Å². The van der Waals surface area contributed by atoms with Crippen LogP contribution in [0.5, 0.6) is 0 Å². The van der Waals surface area contributed by atoms with Crippen molar-refractivity contribution in [3.05, 3.63) is 41.0 Å². The Bertz CT molecular complexity index is 407. The van der Waals surface area contributed by atoms with Gasteiger partial charge in [-0.3, -0.25) is 4.79 Å². The molecule has 0 saturated carbocycles. The van der Waals surface area contributed by atoms with Crippen LogP contribution < -0.4 is 0 Å². The van der Waals surface area contributed by atoms with Gasteiger partial charge in [-0.2, -0.15) is 0 Å². The number of carbonyl (C=O) groups is 1. The van der Waals surface area contributed by atoms with Gasteiger partial charge in [-0.15, -0.1) is 0 Å². The van der Waals surface area contributed by atoms with E-state index in [-0.39, 0.29) is 5.91 Å². The van der Waals surface area contributed by atoms with E-state index in [2.05, 4.69) is 0 Å². The van der Waals surface area contributed by atoms with Crippen LogP contribution in [0.15, 0.2) is 24.3 Å². The van der Waals surface area contributed by atoms with Gasteiger partial charge in [-0.05, 0) is 18.6 Å². The fourth-order valence-electron chi connectivity index (χ4n) is 1.64. The van der Waals surface area contributed by atoms with Crippen molar-refractivity contribution < 1.29 is 4.79 Å². The number of benzene rings is 1. The second-order valence-corrected chi connectivity index (χ2v) is 3.68. The molecular formula is C14H19NO. The third-order valence-corrected chi connectivity index (χ3v) is 2.46. The number of aryl methyl sites for hydroxylation is 1. The van der Waals surface area contributed by atoms with Crippen molar-refractivity contribution in [2.75, 3.05) is 13.6 Å². The molecule has 2 nitrogen and oxygen atoms in total. The molecule has 1 amide bonds. The zero-order valence-corrected chi connectivity index (χ0v) is 10.4. The summed E-state index contributed by atoms with van der Waals surface area (Å²) >= 11 is 0. The summed E-state index contributed by atoms with van der Waals surface area (Å²) in [6.45, 7) is 6.72. The van der Waals surface area contributed by atoms with Gasteiger partial charge in [0.1, 0.15) is 0 Å². The zero-order valence-electron chi connectivity index (χ0n) is 10.4. The number of likely N-dealkylation sites (N-methyl/N-ethyl adjacent to an activating group) is 1. The molecule has 2 heteroatoms. The van der Waals surface area contributed by atoms with E-state index in [4.69, 9.17) is 0 Å². The lowest BCUT2D eigenvalue weighted by molar-refractivity contribution is 0.0811. The lowest BCUT2D eigenvalue weighted by Gasteiger charge is -2.13. The quantitative estimate of drug-likeness (QED) is 0.654. The smallest absolute Gasteiger partial charge is 0.254 e. The molecular weight excluding hydrogens is 198 g/mol. The second kappa shape index (κ2) is 5.50. The van der Waals surface area contributed by atoms with Crippen molar-refractivity contribution >= 4 is 12.0 Å². The van der Waals surface area contributed by atoms with Gasteiger partial charge >= 0.3 is 0 Å². The standard InChI is InChI=1S/C12H13NO.C2H6/c1-9-5-6-11-10(8-9)4-3-7-13(2)12(11)14;1-2/h3-6,8H,7H2,1-2H3;1-2H3. The highest BCUT2D eigenvalue weighted by Crippen LogP contribution is 2.17. The molecule has 0 N–H and O–H groups in total. The minimum absolute atomic E-state index is 0.102. The van der Waals surface area contributed by atoms with Crippen molar-refractivity contribution in [2.24, 2.45) is 0 Å². The Balaban J connectivity index is 0.000000606. The second-order valence-electron chi connectivity index (χ2n) is 3.68. The number of rotatable bonds is 0. The Morgan fingerprint density at radius 2 is 1.94 bits per heavy atom. The predicted molar refractivity (Wildman–Crippen MR) is 68.5 cm³/mol. The van der Waals surface area contributed by atoms with Crippen LogP contribution in [-0.2, 0) is 0 Å². The number of amides is 1. The SMILES string of the molecule is CC.Cc1ccc2c(c1)C=CCN(C)C2=O. The van der Waals surface area contributed by atoms with Crippen LogP contribution in [0, 0.1) is 6.92 Å². The molecule has 0 saturated heterocycles. The number of hydrogen-bond donors (Lipinski definition) is 0. The molecule has 0 radical (unpaired) electrons. The largest absolute Gasteiger partial charge is 0.338 e. The Labute approximate surface area is 97.6 Å². The maximum absolute atomic E-state index is 11.8. The molecule has 0 aromatic heterocycles. The van der Waals surface area contributed by atoms with Gasteiger partial charge in [-0.1, -0.05) is 43.7 Å². The molecule has 0 unspecified atom stereocenters. The normalized spacial score (nSPS) is 13.8. The first-order valence-electron chi connectivity index (χ1n) is 5.71. The van der Waals surface area contributed by atoms with E-state index in [0.29, 0.717) is 6.54 Å². The van der Waals surface area contributed by atoms with Gasteiger partial charge in [-0.25, -0.2) is 0 Å². The molecule has 0 atom stereocenters. The minimum atomic E-state index is 0.102. The summed E-state index contributed by atoms with van der Waals surface area (Å²) in [5.74, 6) is 0.102. The fourth-order valence-corrected chi connectivity index (χ4v) is 1.64. The van der Waals surface area contributed by atoms with Gasteiger partial charge in [0.05, 0.1) is 0 Å². The number of carbonyl (C=O) groups excluding carboxylic acids is 1. The lowest BCUT2D eigenvalue weighted by atomic mass is 10.0. The van der Waals surface area contributed by atoms with Crippen molar-refractivity contribution in [3.8, 4) is 0 Å². The molecule has 0 aliphatic carbocycles. The maximum Gasteiger partial charge on any atom is 0.254 e. The molecule has 1 aliphatic rings. The maximum atomic E-state index is 11.8. The highest BCUT2D eigenvalue weighted by Gasteiger charge is 2.15. The van der Waals surface area contributed by atoms with Crippen molar-refractivity contribution in [2.45, 2.75) is 20.8 Å². The van der Waals surface area contributed by atoms with Gasteiger partial charge in [0.25, 0.3) is 5.91 Å². The fraction of sp³-hybridized carbons (Fsp3) is 0.357. The monoisotopic (exact) mass is 217 g/mol. The van der Waals surface area contributed by atoms with Crippen LogP contribution in [0.1, 0.15) is 35.3 Å². The van der Waals surface area contributed by atoms with Gasteiger partial charge in [0.15, 0.2) is 0 Å². The minimum Gasteiger partial charge on any atom is -0.338 e. The summed E-state index contributed by atoms with van der Waals surface area (Å²) in [5.41, 5.74) is 3.01.